The summed E-state index contributed by atoms with van der Waals surface area (Å²) >= 11 is 0. The van der Waals surface area contributed by atoms with Crippen molar-refractivity contribution in [3.63, 3.8) is 0 Å². The number of hydrogen-bond acceptors (Lipinski definition) is 3. The van der Waals surface area contributed by atoms with Gasteiger partial charge in [0.25, 0.3) is 0 Å². The standard InChI is InChI=1S/C15H23FN2O2/c1-2-20-12-3-5-15(19)18(11-4-10-17)14-8-6-13(16)7-9-14/h6-9H,2-5,10-12,17H2,1H3. The molecule has 0 aliphatic carbocycles. The number of rotatable bonds is 9. The Morgan fingerprint density at radius 3 is 2.60 bits per heavy atom. The minimum atomic E-state index is -0.309. The van der Waals surface area contributed by atoms with Crippen LogP contribution in [0.1, 0.15) is 26.2 Å². The van der Waals surface area contributed by atoms with Crippen LogP contribution in [0.25, 0.3) is 0 Å². The Morgan fingerprint density at radius 1 is 1.30 bits per heavy atom. The molecule has 1 rings (SSSR count). The molecule has 0 bridgehead atoms. The smallest absolute Gasteiger partial charge is 0.227 e. The Morgan fingerprint density at radius 2 is 2.00 bits per heavy atom. The van der Waals surface area contributed by atoms with E-state index in [1.807, 2.05) is 6.92 Å². The van der Waals surface area contributed by atoms with Crippen LogP contribution >= 0.6 is 0 Å². The molecule has 0 radical (unpaired) electrons. The van der Waals surface area contributed by atoms with Gasteiger partial charge in [-0.1, -0.05) is 0 Å². The van der Waals surface area contributed by atoms with Crippen molar-refractivity contribution in [3.05, 3.63) is 30.1 Å². The van der Waals surface area contributed by atoms with Crippen LogP contribution in [0, 0.1) is 5.82 Å². The van der Waals surface area contributed by atoms with Gasteiger partial charge >= 0.3 is 0 Å². The van der Waals surface area contributed by atoms with Crippen LogP contribution in [-0.4, -0.2) is 32.2 Å². The maximum atomic E-state index is 13.0. The van der Waals surface area contributed by atoms with E-state index >= 15 is 0 Å². The Hall–Kier alpha value is -1.46. The summed E-state index contributed by atoms with van der Waals surface area (Å²) in [5.41, 5.74) is 6.21. The molecule has 20 heavy (non-hydrogen) atoms. The SMILES string of the molecule is CCOCCCC(=O)N(CCCN)c1ccc(F)cc1. The van der Waals surface area contributed by atoms with Gasteiger partial charge in [-0.3, -0.25) is 4.79 Å². The summed E-state index contributed by atoms with van der Waals surface area (Å²) in [5, 5.41) is 0. The number of anilines is 1. The molecule has 0 aromatic heterocycles. The second-order valence-electron chi connectivity index (χ2n) is 4.46. The van der Waals surface area contributed by atoms with Gasteiger partial charge in [-0.15, -0.1) is 0 Å². The van der Waals surface area contributed by atoms with Gasteiger partial charge in [0.2, 0.25) is 5.91 Å². The van der Waals surface area contributed by atoms with Crippen LogP contribution in [0.15, 0.2) is 24.3 Å². The lowest BCUT2D eigenvalue weighted by Gasteiger charge is -2.22. The molecular weight excluding hydrogens is 259 g/mol. The Bertz CT molecular complexity index is 395. The number of halogens is 1. The van der Waals surface area contributed by atoms with Crippen LogP contribution in [0.2, 0.25) is 0 Å². The van der Waals surface area contributed by atoms with E-state index in [2.05, 4.69) is 0 Å². The van der Waals surface area contributed by atoms with Crippen LogP contribution < -0.4 is 10.6 Å². The van der Waals surface area contributed by atoms with E-state index in [9.17, 15) is 9.18 Å². The van der Waals surface area contributed by atoms with Crippen LogP contribution in [0.5, 0.6) is 0 Å². The van der Waals surface area contributed by atoms with E-state index in [4.69, 9.17) is 10.5 Å². The summed E-state index contributed by atoms with van der Waals surface area (Å²) < 4.78 is 18.2. The second-order valence-corrected chi connectivity index (χ2v) is 4.46. The quantitative estimate of drug-likeness (QED) is 0.707. The molecule has 0 saturated carbocycles. The number of ether oxygens (including phenoxy) is 1. The van der Waals surface area contributed by atoms with Crippen molar-refractivity contribution in [1.82, 2.24) is 0 Å². The molecule has 4 nitrogen and oxygen atoms in total. The Kier molecular flexibility index (Phi) is 7.84. The summed E-state index contributed by atoms with van der Waals surface area (Å²) in [4.78, 5) is 13.9. The minimum Gasteiger partial charge on any atom is -0.382 e. The van der Waals surface area contributed by atoms with Gasteiger partial charge in [0.05, 0.1) is 0 Å². The first-order valence-corrected chi connectivity index (χ1v) is 7.02. The largest absolute Gasteiger partial charge is 0.382 e. The molecule has 0 aliphatic rings. The summed E-state index contributed by atoms with van der Waals surface area (Å²) in [5.74, 6) is -0.291. The zero-order valence-corrected chi connectivity index (χ0v) is 12.0. The number of carbonyl (C=O) groups excluding carboxylic acids is 1. The van der Waals surface area contributed by atoms with Crippen molar-refractivity contribution in [2.75, 3.05) is 31.2 Å². The molecule has 0 heterocycles. The molecule has 0 fully saturated rings. The zero-order valence-electron chi connectivity index (χ0n) is 12.0. The fraction of sp³-hybridized carbons (Fsp3) is 0.533. The maximum absolute atomic E-state index is 13.0. The molecular formula is C15H23FN2O2. The first-order valence-electron chi connectivity index (χ1n) is 7.02. The van der Waals surface area contributed by atoms with Crippen molar-refractivity contribution in [3.8, 4) is 0 Å². The lowest BCUT2D eigenvalue weighted by atomic mass is 10.2. The Labute approximate surface area is 119 Å². The molecule has 0 unspecified atom stereocenters. The third-order valence-electron chi connectivity index (χ3n) is 2.91. The monoisotopic (exact) mass is 282 g/mol. The number of nitrogens with two attached hydrogens (primary N) is 1. The number of hydrogen-bond donors (Lipinski definition) is 1. The zero-order chi connectivity index (χ0) is 14.8. The normalized spacial score (nSPS) is 10.6. The van der Waals surface area contributed by atoms with E-state index in [1.165, 1.54) is 12.1 Å². The van der Waals surface area contributed by atoms with Crippen LogP contribution in [0.4, 0.5) is 10.1 Å². The molecule has 0 aliphatic heterocycles. The fourth-order valence-electron chi connectivity index (χ4n) is 1.87. The summed E-state index contributed by atoms with van der Waals surface area (Å²) in [6, 6.07) is 5.95. The summed E-state index contributed by atoms with van der Waals surface area (Å²) in [6.45, 7) is 4.23. The molecule has 0 saturated heterocycles. The molecule has 0 spiro atoms. The predicted octanol–water partition coefficient (Wildman–Crippen LogP) is 2.32. The topological polar surface area (TPSA) is 55.6 Å². The highest BCUT2D eigenvalue weighted by Gasteiger charge is 2.14. The van der Waals surface area contributed by atoms with Gasteiger partial charge < -0.3 is 15.4 Å². The highest BCUT2D eigenvalue weighted by atomic mass is 19.1. The number of benzene rings is 1. The van der Waals surface area contributed by atoms with Crippen LogP contribution in [0.3, 0.4) is 0 Å². The summed E-state index contributed by atoms with van der Waals surface area (Å²) in [7, 11) is 0. The lowest BCUT2D eigenvalue weighted by Crippen LogP contribution is -2.33. The highest BCUT2D eigenvalue weighted by molar-refractivity contribution is 5.93. The number of nitrogens with zero attached hydrogens (tertiary/aromatic N) is 1. The minimum absolute atomic E-state index is 0.0183. The van der Waals surface area contributed by atoms with Crippen molar-refractivity contribution < 1.29 is 13.9 Å². The molecule has 0 atom stereocenters. The number of carbonyl (C=O) groups is 1. The predicted molar refractivity (Wildman–Crippen MR) is 78.2 cm³/mol. The van der Waals surface area contributed by atoms with Crippen LogP contribution in [-0.2, 0) is 9.53 Å². The van der Waals surface area contributed by atoms with E-state index in [0.717, 1.165) is 0 Å². The van der Waals surface area contributed by atoms with Gasteiger partial charge in [0, 0.05) is 31.9 Å². The van der Waals surface area contributed by atoms with E-state index < -0.39 is 0 Å². The fourth-order valence-corrected chi connectivity index (χ4v) is 1.87. The van der Waals surface area contributed by atoms with E-state index in [-0.39, 0.29) is 11.7 Å². The molecule has 5 heteroatoms. The second kappa shape index (κ2) is 9.44. The molecule has 2 N–H and O–H groups in total. The first-order chi connectivity index (χ1) is 9.69. The van der Waals surface area contributed by atoms with Gasteiger partial charge in [0.1, 0.15) is 5.82 Å². The summed E-state index contributed by atoms with van der Waals surface area (Å²) in [6.07, 6.45) is 1.82. The molecule has 1 aromatic carbocycles. The van der Waals surface area contributed by atoms with Gasteiger partial charge in [-0.2, -0.15) is 0 Å². The first kappa shape index (κ1) is 16.6. The molecule has 112 valence electrons. The van der Waals surface area contributed by atoms with E-state index in [0.29, 0.717) is 51.3 Å². The average Bonchev–Trinajstić information content (AvgIpc) is 2.46. The Balaban J connectivity index is 2.62. The number of amides is 1. The average molecular weight is 282 g/mol. The van der Waals surface area contributed by atoms with Gasteiger partial charge in [0.15, 0.2) is 0 Å². The third kappa shape index (κ3) is 5.67. The highest BCUT2D eigenvalue weighted by Crippen LogP contribution is 2.17. The van der Waals surface area contributed by atoms with Crippen molar-refractivity contribution in [1.29, 1.82) is 0 Å². The van der Waals surface area contributed by atoms with E-state index in [1.54, 1.807) is 17.0 Å². The molecule has 1 aromatic rings. The van der Waals surface area contributed by atoms with Crippen molar-refractivity contribution in [2.45, 2.75) is 26.2 Å². The maximum Gasteiger partial charge on any atom is 0.227 e. The van der Waals surface area contributed by atoms with Crippen molar-refractivity contribution in [2.24, 2.45) is 5.73 Å². The third-order valence-corrected chi connectivity index (χ3v) is 2.91. The molecule has 1 amide bonds. The van der Waals surface area contributed by atoms with Gasteiger partial charge in [-0.25, -0.2) is 4.39 Å². The lowest BCUT2D eigenvalue weighted by molar-refractivity contribution is -0.119. The van der Waals surface area contributed by atoms with Crippen molar-refractivity contribution >= 4 is 11.6 Å². The van der Waals surface area contributed by atoms with Gasteiger partial charge in [-0.05, 0) is 50.6 Å².